The highest BCUT2D eigenvalue weighted by Crippen LogP contribution is 2.36. The zero-order valence-corrected chi connectivity index (χ0v) is 15.5. The lowest BCUT2D eigenvalue weighted by atomic mass is 9.85. The van der Waals surface area contributed by atoms with Crippen LogP contribution in [0.1, 0.15) is 30.6 Å². The summed E-state index contributed by atoms with van der Waals surface area (Å²) < 4.78 is 11.3. The summed E-state index contributed by atoms with van der Waals surface area (Å²) in [6, 6.07) is 9.97. The molecule has 1 saturated carbocycles. The van der Waals surface area contributed by atoms with Gasteiger partial charge in [0.25, 0.3) is 0 Å². The van der Waals surface area contributed by atoms with Gasteiger partial charge < -0.3 is 20.1 Å². The van der Waals surface area contributed by atoms with Crippen LogP contribution in [0, 0.1) is 5.92 Å². The Morgan fingerprint density at radius 1 is 1.19 bits per heavy atom. The van der Waals surface area contributed by atoms with E-state index in [0.29, 0.717) is 25.5 Å². The standard InChI is InChI=1S/C20H24N2O3S/c21-15-4-1-3-14(11-15)20(23)22(13-17-5-2-10-26-17)16-6-7-18-19(12-16)25-9-8-24-18/h2,5-7,10,12,14-15H,1,3-4,8-9,11,13,21H2. The van der Waals surface area contributed by atoms with Crippen LogP contribution in [-0.2, 0) is 11.3 Å². The first-order valence-electron chi connectivity index (χ1n) is 9.19. The largest absolute Gasteiger partial charge is 0.486 e. The highest BCUT2D eigenvalue weighted by atomic mass is 32.1. The van der Waals surface area contributed by atoms with Crippen molar-refractivity contribution >= 4 is 22.9 Å². The molecule has 2 N–H and O–H groups in total. The Bertz CT molecular complexity index is 762. The average molecular weight is 372 g/mol. The number of nitrogens with zero attached hydrogens (tertiary/aromatic N) is 1. The number of benzene rings is 1. The maximum absolute atomic E-state index is 13.3. The first kappa shape index (κ1) is 17.4. The van der Waals surface area contributed by atoms with Crippen LogP contribution >= 0.6 is 11.3 Å². The second-order valence-corrected chi connectivity index (χ2v) is 7.99. The lowest BCUT2D eigenvalue weighted by Crippen LogP contribution is -2.40. The molecule has 1 aromatic carbocycles. The van der Waals surface area contributed by atoms with E-state index in [4.69, 9.17) is 15.2 Å². The fraction of sp³-hybridized carbons (Fsp3) is 0.450. The van der Waals surface area contributed by atoms with Gasteiger partial charge in [-0.05, 0) is 42.8 Å². The van der Waals surface area contributed by atoms with Gasteiger partial charge >= 0.3 is 0 Å². The smallest absolute Gasteiger partial charge is 0.230 e. The molecule has 26 heavy (non-hydrogen) atoms. The van der Waals surface area contributed by atoms with Crippen molar-refractivity contribution in [1.82, 2.24) is 0 Å². The van der Waals surface area contributed by atoms with E-state index in [2.05, 4.69) is 6.07 Å². The molecule has 1 amide bonds. The van der Waals surface area contributed by atoms with Crippen molar-refractivity contribution in [3.8, 4) is 11.5 Å². The SMILES string of the molecule is NC1CCCC(C(=O)N(Cc2cccs2)c2ccc3c(c2)OCCO3)C1. The van der Waals surface area contributed by atoms with Gasteiger partial charge in [-0.2, -0.15) is 0 Å². The molecule has 2 heterocycles. The van der Waals surface area contributed by atoms with Gasteiger partial charge in [0.05, 0.1) is 6.54 Å². The van der Waals surface area contributed by atoms with E-state index in [-0.39, 0.29) is 17.9 Å². The highest BCUT2D eigenvalue weighted by molar-refractivity contribution is 7.09. The van der Waals surface area contributed by atoms with E-state index in [9.17, 15) is 4.79 Å². The molecule has 0 spiro atoms. The number of ether oxygens (including phenoxy) is 2. The van der Waals surface area contributed by atoms with Crippen LogP contribution in [0.2, 0.25) is 0 Å². The summed E-state index contributed by atoms with van der Waals surface area (Å²) in [7, 11) is 0. The Morgan fingerprint density at radius 3 is 2.81 bits per heavy atom. The van der Waals surface area contributed by atoms with Crippen molar-refractivity contribution in [3.63, 3.8) is 0 Å². The predicted octanol–water partition coefficient (Wildman–Crippen LogP) is 3.57. The molecule has 0 saturated heterocycles. The minimum Gasteiger partial charge on any atom is -0.486 e. The zero-order valence-electron chi connectivity index (χ0n) is 14.7. The summed E-state index contributed by atoms with van der Waals surface area (Å²) >= 11 is 1.66. The molecule has 1 fully saturated rings. The Hall–Kier alpha value is -2.05. The van der Waals surface area contributed by atoms with Crippen molar-refractivity contribution in [1.29, 1.82) is 0 Å². The minimum atomic E-state index is -0.00749. The molecule has 6 heteroatoms. The number of thiophene rings is 1. The lowest BCUT2D eigenvalue weighted by molar-refractivity contribution is -0.123. The molecular formula is C20H24N2O3S. The van der Waals surface area contributed by atoms with Crippen LogP contribution in [0.4, 0.5) is 5.69 Å². The average Bonchev–Trinajstić information content (AvgIpc) is 3.18. The van der Waals surface area contributed by atoms with E-state index in [1.165, 1.54) is 0 Å². The number of hydrogen-bond acceptors (Lipinski definition) is 5. The van der Waals surface area contributed by atoms with Gasteiger partial charge in [0, 0.05) is 28.6 Å². The van der Waals surface area contributed by atoms with Crippen molar-refractivity contribution in [2.45, 2.75) is 38.3 Å². The Labute approximate surface area is 157 Å². The van der Waals surface area contributed by atoms with Crippen LogP contribution in [0.15, 0.2) is 35.7 Å². The maximum Gasteiger partial charge on any atom is 0.230 e. The fourth-order valence-corrected chi connectivity index (χ4v) is 4.42. The third-order valence-electron chi connectivity index (χ3n) is 5.06. The summed E-state index contributed by atoms with van der Waals surface area (Å²) in [5, 5.41) is 2.04. The van der Waals surface area contributed by atoms with E-state index >= 15 is 0 Å². The third-order valence-corrected chi connectivity index (χ3v) is 5.92. The van der Waals surface area contributed by atoms with E-state index in [1.54, 1.807) is 11.3 Å². The summed E-state index contributed by atoms with van der Waals surface area (Å²) in [5.74, 6) is 1.60. The number of anilines is 1. The molecule has 4 rings (SSSR count). The lowest BCUT2D eigenvalue weighted by Gasteiger charge is -2.32. The van der Waals surface area contributed by atoms with Crippen LogP contribution in [0.25, 0.3) is 0 Å². The first-order chi connectivity index (χ1) is 12.7. The Balaban J connectivity index is 1.63. The number of rotatable bonds is 4. The van der Waals surface area contributed by atoms with Crippen LogP contribution in [0.5, 0.6) is 11.5 Å². The summed E-state index contributed by atoms with van der Waals surface area (Å²) in [6.45, 7) is 1.67. The maximum atomic E-state index is 13.3. The van der Waals surface area contributed by atoms with Crippen molar-refractivity contribution in [2.24, 2.45) is 11.7 Å². The molecule has 5 nitrogen and oxygen atoms in total. The zero-order chi connectivity index (χ0) is 17.9. The van der Waals surface area contributed by atoms with Crippen LogP contribution in [-0.4, -0.2) is 25.2 Å². The van der Waals surface area contributed by atoms with E-state index in [0.717, 1.165) is 42.0 Å². The predicted molar refractivity (Wildman–Crippen MR) is 103 cm³/mol. The van der Waals surface area contributed by atoms with Gasteiger partial charge in [0.1, 0.15) is 13.2 Å². The second-order valence-electron chi connectivity index (χ2n) is 6.96. The molecule has 2 aromatic rings. The first-order valence-corrected chi connectivity index (χ1v) is 10.1. The second kappa shape index (κ2) is 7.68. The number of fused-ring (bicyclic) bond motifs is 1. The van der Waals surface area contributed by atoms with Gasteiger partial charge in [-0.3, -0.25) is 4.79 Å². The number of carbonyl (C=O) groups is 1. The molecule has 2 aliphatic rings. The molecule has 0 bridgehead atoms. The Kier molecular flexibility index (Phi) is 5.13. The summed E-state index contributed by atoms with van der Waals surface area (Å²) in [5.41, 5.74) is 6.98. The molecule has 1 aliphatic heterocycles. The molecular weight excluding hydrogens is 348 g/mol. The van der Waals surface area contributed by atoms with Crippen LogP contribution in [0.3, 0.4) is 0 Å². The molecule has 2 unspecified atom stereocenters. The molecule has 0 radical (unpaired) electrons. The van der Waals surface area contributed by atoms with E-state index < -0.39 is 0 Å². The van der Waals surface area contributed by atoms with Gasteiger partial charge in [-0.15, -0.1) is 11.3 Å². The monoisotopic (exact) mass is 372 g/mol. The molecule has 1 aliphatic carbocycles. The third kappa shape index (κ3) is 3.71. The fourth-order valence-electron chi connectivity index (χ4n) is 3.73. The summed E-state index contributed by atoms with van der Waals surface area (Å²) in [6.07, 6.45) is 3.71. The summed E-state index contributed by atoms with van der Waals surface area (Å²) in [4.78, 5) is 16.4. The number of carbonyl (C=O) groups excluding carboxylic acids is 1. The molecule has 1 aromatic heterocycles. The minimum absolute atomic E-state index is 0.00749. The molecule has 2 atom stereocenters. The van der Waals surface area contributed by atoms with Gasteiger partial charge in [-0.25, -0.2) is 0 Å². The highest BCUT2D eigenvalue weighted by Gasteiger charge is 2.30. The van der Waals surface area contributed by atoms with E-state index in [1.807, 2.05) is 34.5 Å². The van der Waals surface area contributed by atoms with Gasteiger partial charge in [0.2, 0.25) is 5.91 Å². The van der Waals surface area contributed by atoms with Crippen molar-refractivity contribution in [2.75, 3.05) is 18.1 Å². The van der Waals surface area contributed by atoms with Gasteiger partial charge in [-0.1, -0.05) is 12.5 Å². The quantitative estimate of drug-likeness (QED) is 0.891. The van der Waals surface area contributed by atoms with Crippen LogP contribution < -0.4 is 20.1 Å². The Morgan fingerprint density at radius 2 is 2.04 bits per heavy atom. The topological polar surface area (TPSA) is 64.8 Å². The normalized spacial score (nSPS) is 22.0. The van der Waals surface area contributed by atoms with Crippen molar-refractivity contribution in [3.05, 3.63) is 40.6 Å². The number of amides is 1. The number of nitrogens with two attached hydrogens (primary N) is 1. The number of hydrogen-bond donors (Lipinski definition) is 1. The molecule has 138 valence electrons. The van der Waals surface area contributed by atoms with Gasteiger partial charge in [0.15, 0.2) is 11.5 Å². The van der Waals surface area contributed by atoms with Crippen molar-refractivity contribution < 1.29 is 14.3 Å².